The number of rotatable bonds is 7. The lowest BCUT2D eigenvalue weighted by Crippen LogP contribution is -2.59. The molecule has 0 amide bonds. The normalized spacial score (nSPS) is 19.3. The van der Waals surface area contributed by atoms with Crippen LogP contribution in [0.25, 0.3) is 0 Å². The lowest BCUT2D eigenvalue weighted by molar-refractivity contribution is -0.151. The van der Waals surface area contributed by atoms with E-state index in [4.69, 9.17) is 4.74 Å². The molecule has 1 unspecified atom stereocenters. The van der Waals surface area contributed by atoms with Crippen LogP contribution >= 0.6 is 11.8 Å². The molecule has 3 nitrogen and oxygen atoms in total. The van der Waals surface area contributed by atoms with E-state index in [0.29, 0.717) is 12.5 Å². The number of hydrogen-bond acceptors (Lipinski definition) is 4. The van der Waals surface area contributed by atoms with Crippen LogP contribution in [0.2, 0.25) is 0 Å². The molecule has 19 heavy (non-hydrogen) atoms. The first-order valence-electron chi connectivity index (χ1n) is 7.30. The molecule has 1 saturated carbocycles. The molecular formula is C15H29NO2S. The molecule has 1 rings (SSSR count). The predicted octanol–water partition coefficient (Wildman–Crippen LogP) is 3.23. The lowest BCUT2D eigenvalue weighted by Gasteiger charge is -2.36. The minimum atomic E-state index is -0.498. The molecule has 0 spiro atoms. The third kappa shape index (κ3) is 4.99. The van der Waals surface area contributed by atoms with Gasteiger partial charge in [0.15, 0.2) is 0 Å². The molecule has 1 fully saturated rings. The third-order valence-corrected chi connectivity index (χ3v) is 4.66. The smallest absolute Gasteiger partial charge is 0.327 e. The Kier molecular flexibility index (Phi) is 5.75. The zero-order valence-electron chi connectivity index (χ0n) is 13.2. The van der Waals surface area contributed by atoms with Gasteiger partial charge in [0.1, 0.15) is 5.54 Å². The molecule has 0 saturated heterocycles. The molecule has 0 aromatic rings. The second-order valence-electron chi connectivity index (χ2n) is 6.67. The molecule has 0 heterocycles. The van der Waals surface area contributed by atoms with E-state index in [-0.39, 0.29) is 16.8 Å². The lowest BCUT2D eigenvalue weighted by atomic mass is 9.94. The Morgan fingerprint density at radius 3 is 2.32 bits per heavy atom. The molecule has 1 atom stereocenters. The molecular weight excluding hydrogens is 258 g/mol. The second-order valence-corrected chi connectivity index (χ2v) is 8.47. The van der Waals surface area contributed by atoms with Crippen LogP contribution in [-0.2, 0) is 9.53 Å². The first kappa shape index (κ1) is 16.8. The number of nitrogens with one attached hydrogen (secondary N) is 1. The summed E-state index contributed by atoms with van der Waals surface area (Å²) >= 11 is 1.84. The Hall–Kier alpha value is -0.220. The average molecular weight is 287 g/mol. The topological polar surface area (TPSA) is 38.3 Å². The highest BCUT2D eigenvalue weighted by Crippen LogP contribution is 2.44. The van der Waals surface area contributed by atoms with E-state index in [1.807, 2.05) is 18.7 Å². The molecule has 112 valence electrons. The van der Waals surface area contributed by atoms with E-state index >= 15 is 0 Å². The summed E-state index contributed by atoms with van der Waals surface area (Å²) in [6.45, 7) is 13.1. The van der Waals surface area contributed by atoms with Gasteiger partial charge in [-0.2, -0.15) is 11.8 Å². The Morgan fingerprint density at radius 1 is 1.37 bits per heavy atom. The minimum Gasteiger partial charge on any atom is -0.465 e. The van der Waals surface area contributed by atoms with Crippen molar-refractivity contribution in [3.63, 3.8) is 0 Å². The number of esters is 1. The van der Waals surface area contributed by atoms with Gasteiger partial charge in [-0.25, -0.2) is 0 Å². The van der Waals surface area contributed by atoms with Crippen LogP contribution < -0.4 is 5.32 Å². The van der Waals surface area contributed by atoms with Crippen LogP contribution in [-0.4, -0.2) is 34.7 Å². The summed E-state index contributed by atoms with van der Waals surface area (Å²) in [6.07, 6.45) is 2.26. The molecule has 0 aliphatic heterocycles. The van der Waals surface area contributed by atoms with E-state index in [2.05, 4.69) is 39.9 Å². The summed E-state index contributed by atoms with van der Waals surface area (Å²) in [4.78, 5) is 12.5. The summed E-state index contributed by atoms with van der Waals surface area (Å²) < 4.78 is 5.52. The molecule has 0 aromatic heterocycles. The van der Waals surface area contributed by atoms with Gasteiger partial charge in [-0.15, -0.1) is 0 Å². The number of hydrogen-bond donors (Lipinski definition) is 1. The fourth-order valence-electron chi connectivity index (χ4n) is 2.24. The van der Waals surface area contributed by atoms with Crippen molar-refractivity contribution in [2.45, 2.75) is 70.7 Å². The molecule has 1 aliphatic carbocycles. The highest BCUT2D eigenvalue weighted by Gasteiger charge is 2.52. The Balaban J connectivity index is 2.88. The number of carbonyl (C=O) groups excluding carboxylic acids is 1. The molecule has 4 heteroatoms. The average Bonchev–Trinajstić information content (AvgIpc) is 3.06. The van der Waals surface area contributed by atoms with Crippen LogP contribution in [0, 0.1) is 5.92 Å². The largest absolute Gasteiger partial charge is 0.465 e. The quantitative estimate of drug-likeness (QED) is 0.730. The van der Waals surface area contributed by atoms with Crippen molar-refractivity contribution in [2.75, 3.05) is 12.4 Å². The number of ether oxygens (including phenoxy) is 1. The fourth-order valence-corrected chi connectivity index (χ4v) is 3.34. The van der Waals surface area contributed by atoms with Crippen molar-refractivity contribution in [3.8, 4) is 0 Å². The van der Waals surface area contributed by atoms with E-state index in [9.17, 15) is 4.79 Å². The Morgan fingerprint density at radius 2 is 1.95 bits per heavy atom. The molecule has 0 radical (unpaired) electrons. The van der Waals surface area contributed by atoms with Crippen molar-refractivity contribution in [1.29, 1.82) is 0 Å². The number of carbonyl (C=O) groups is 1. The van der Waals surface area contributed by atoms with Crippen LogP contribution in [0.15, 0.2) is 0 Å². The van der Waals surface area contributed by atoms with Gasteiger partial charge in [-0.1, -0.05) is 20.8 Å². The van der Waals surface area contributed by atoms with Crippen LogP contribution in [0.1, 0.15) is 54.4 Å². The summed E-state index contributed by atoms with van der Waals surface area (Å²) in [7, 11) is 0. The highest BCUT2D eigenvalue weighted by molar-refractivity contribution is 8.00. The van der Waals surface area contributed by atoms with Gasteiger partial charge in [0.05, 0.1) is 6.61 Å². The maximum absolute atomic E-state index is 12.5. The van der Waals surface area contributed by atoms with Crippen molar-refractivity contribution in [2.24, 2.45) is 5.92 Å². The van der Waals surface area contributed by atoms with Gasteiger partial charge >= 0.3 is 5.97 Å². The van der Waals surface area contributed by atoms with Crippen molar-refractivity contribution < 1.29 is 9.53 Å². The molecule has 1 aliphatic rings. The summed E-state index contributed by atoms with van der Waals surface area (Å²) in [6, 6.07) is 0.283. The van der Waals surface area contributed by atoms with Crippen LogP contribution in [0.3, 0.4) is 0 Å². The predicted molar refractivity (Wildman–Crippen MR) is 82.6 cm³/mol. The van der Waals surface area contributed by atoms with E-state index in [1.165, 1.54) is 0 Å². The van der Waals surface area contributed by atoms with Crippen molar-refractivity contribution >= 4 is 17.7 Å². The van der Waals surface area contributed by atoms with Gasteiger partial charge in [0, 0.05) is 16.5 Å². The zero-order valence-corrected chi connectivity index (χ0v) is 14.0. The van der Waals surface area contributed by atoms with Gasteiger partial charge in [0.2, 0.25) is 0 Å². The maximum Gasteiger partial charge on any atom is 0.327 e. The SMILES string of the molecule is CCOC(=O)C(CSC(C)(C)C)(NC(C)C)C1CC1. The van der Waals surface area contributed by atoms with Gasteiger partial charge in [-0.05, 0) is 39.5 Å². The highest BCUT2D eigenvalue weighted by atomic mass is 32.2. The van der Waals surface area contributed by atoms with Crippen LogP contribution in [0.4, 0.5) is 0 Å². The van der Waals surface area contributed by atoms with Gasteiger partial charge < -0.3 is 4.74 Å². The Labute approximate surface area is 122 Å². The van der Waals surface area contributed by atoms with Crippen molar-refractivity contribution in [3.05, 3.63) is 0 Å². The summed E-state index contributed by atoms with van der Waals surface area (Å²) in [5.74, 6) is 1.16. The first-order chi connectivity index (χ1) is 8.71. The molecule has 1 N–H and O–H groups in total. The van der Waals surface area contributed by atoms with E-state index in [0.717, 1.165) is 18.6 Å². The molecule has 0 aromatic carbocycles. The number of thioether (sulfide) groups is 1. The second kappa shape index (κ2) is 6.49. The summed E-state index contributed by atoms with van der Waals surface area (Å²) in [5.41, 5.74) is -0.498. The summed E-state index contributed by atoms with van der Waals surface area (Å²) in [5, 5.41) is 3.52. The van der Waals surface area contributed by atoms with Gasteiger partial charge in [-0.3, -0.25) is 10.1 Å². The Bertz CT molecular complexity index is 308. The minimum absolute atomic E-state index is 0.0667. The third-order valence-electron chi connectivity index (χ3n) is 3.19. The van der Waals surface area contributed by atoms with E-state index in [1.54, 1.807) is 0 Å². The molecule has 0 bridgehead atoms. The van der Waals surface area contributed by atoms with Crippen LogP contribution in [0.5, 0.6) is 0 Å². The fraction of sp³-hybridized carbons (Fsp3) is 0.933. The zero-order chi connectivity index (χ0) is 14.7. The van der Waals surface area contributed by atoms with E-state index < -0.39 is 5.54 Å². The monoisotopic (exact) mass is 287 g/mol. The van der Waals surface area contributed by atoms with Crippen molar-refractivity contribution in [1.82, 2.24) is 5.32 Å². The van der Waals surface area contributed by atoms with Gasteiger partial charge in [0.25, 0.3) is 0 Å². The maximum atomic E-state index is 12.5. The first-order valence-corrected chi connectivity index (χ1v) is 8.28. The standard InChI is InChI=1S/C15H29NO2S/c1-7-18-13(17)15(12-8-9-12,16-11(2)3)10-19-14(4,5)6/h11-12,16H,7-10H2,1-6H3.